The zero-order valence-electron chi connectivity index (χ0n) is 14.9. The molecule has 5 nitrogen and oxygen atoms in total. The van der Waals surface area contributed by atoms with Crippen LogP contribution in [0.2, 0.25) is 0 Å². The van der Waals surface area contributed by atoms with Crippen molar-refractivity contribution < 1.29 is 9.53 Å². The Labute approximate surface area is 157 Å². The van der Waals surface area contributed by atoms with Crippen LogP contribution in [0.4, 0.5) is 4.79 Å². The summed E-state index contributed by atoms with van der Waals surface area (Å²) >= 11 is 3.43. The molecule has 0 bridgehead atoms. The van der Waals surface area contributed by atoms with Crippen LogP contribution in [0.5, 0.6) is 0 Å². The lowest BCUT2D eigenvalue weighted by Crippen LogP contribution is -2.37. The molecule has 0 aliphatic carbocycles. The molecule has 25 heavy (non-hydrogen) atoms. The first-order valence-electron chi connectivity index (χ1n) is 8.17. The molecule has 0 fully saturated rings. The Kier molecular flexibility index (Phi) is 6.42. The summed E-state index contributed by atoms with van der Waals surface area (Å²) in [6, 6.07) is 7.97. The zero-order chi connectivity index (χ0) is 18.4. The third-order valence-corrected chi connectivity index (χ3v) is 3.91. The van der Waals surface area contributed by atoms with E-state index >= 15 is 0 Å². The molecule has 0 saturated carbocycles. The summed E-state index contributed by atoms with van der Waals surface area (Å²) in [6.45, 7) is 10.2. The molecule has 134 valence electrons. The second-order valence-electron chi connectivity index (χ2n) is 6.73. The molecule has 1 heterocycles. The van der Waals surface area contributed by atoms with Crippen LogP contribution in [0.25, 0.3) is 11.3 Å². The summed E-state index contributed by atoms with van der Waals surface area (Å²) in [6.07, 6.45) is 3.90. The Bertz CT molecular complexity index is 717. The number of benzene rings is 1. The third kappa shape index (κ3) is 6.05. The highest BCUT2D eigenvalue weighted by molar-refractivity contribution is 9.10. The van der Waals surface area contributed by atoms with Gasteiger partial charge in [-0.05, 0) is 44.9 Å². The summed E-state index contributed by atoms with van der Waals surface area (Å²) < 4.78 is 6.50. The van der Waals surface area contributed by atoms with Gasteiger partial charge in [0.2, 0.25) is 0 Å². The van der Waals surface area contributed by atoms with E-state index in [0.717, 1.165) is 15.7 Å². The number of amides is 1. The van der Waals surface area contributed by atoms with Gasteiger partial charge in [0.25, 0.3) is 0 Å². The van der Waals surface area contributed by atoms with Crippen molar-refractivity contribution >= 4 is 22.0 Å². The molecule has 2 rings (SSSR count). The summed E-state index contributed by atoms with van der Waals surface area (Å²) in [5.74, 6) is 0.716. The van der Waals surface area contributed by atoms with Gasteiger partial charge in [0.05, 0.1) is 18.4 Å². The van der Waals surface area contributed by atoms with Crippen molar-refractivity contribution in [2.75, 3.05) is 6.54 Å². The van der Waals surface area contributed by atoms with E-state index in [1.54, 1.807) is 17.2 Å². The molecule has 0 atom stereocenters. The molecule has 0 unspecified atom stereocenters. The summed E-state index contributed by atoms with van der Waals surface area (Å²) in [7, 11) is 0. The van der Waals surface area contributed by atoms with Crippen LogP contribution in [0.1, 0.15) is 33.0 Å². The predicted octanol–water partition coefficient (Wildman–Crippen LogP) is 5.15. The highest BCUT2D eigenvalue weighted by Crippen LogP contribution is 2.20. The number of nitrogens with zero attached hydrogens (tertiary/aromatic N) is 2. The molecule has 0 radical (unpaired) electrons. The fourth-order valence-electron chi connectivity index (χ4n) is 2.21. The lowest BCUT2D eigenvalue weighted by Gasteiger charge is -2.26. The summed E-state index contributed by atoms with van der Waals surface area (Å²) in [4.78, 5) is 21.7. The van der Waals surface area contributed by atoms with Crippen LogP contribution in [-0.2, 0) is 11.3 Å². The second-order valence-corrected chi connectivity index (χ2v) is 7.65. The van der Waals surface area contributed by atoms with E-state index in [1.165, 1.54) is 0 Å². The maximum atomic E-state index is 12.4. The average Bonchev–Trinajstić information content (AvgIpc) is 2.99. The van der Waals surface area contributed by atoms with Crippen molar-refractivity contribution in [2.45, 2.75) is 39.3 Å². The number of rotatable bonds is 6. The zero-order valence-corrected chi connectivity index (χ0v) is 16.5. The molecule has 2 aromatic rings. The first-order valence-corrected chi connectivity index (χ1v) is 8.96. The molecule has 1 aromatic carbocycles. The van der Waals surface area contributed by atoms with Gasteiger partial charge in [-0.25, -0.2) is 9.78 Å². The smallest absolute Gasteiger partial charge is 0.410 e. The van der Waals surface area contributed by atoms with Gasteiger partial charge in [0, 0.05) is 11.0 Å². The number of carbonyl (C=O) groups excluding carboxylic acids is 1. The third-order valence-electron chi connectivity index (χ3n) is 3.38. The van der Waals surface area contributed by atoms with Gasteiger partial charge >= 0.3 is 6.09 Å². The van der Waals surface area contributed by atoms with Gasteiger partial charge < -0.3 is 14.6 Å². The van der Waals surface area contributed by atoms with E-state index in [0.29, 0.717) is 25.3 Å². The monoisotopic (exact) mass is 405 g/mol. The van der Waals surface area contributed by atoms with Crippen LogP contribution >= 0.6 is 15.9 Å². The number of H-pyrrole nitrogens is 1. The standard InChI is InChI=1S/C19H24BrN3O2/c1-5-6-11-23(18(24)25-19(2,3)4)13-17-21-12-16(22-17)14-7-9-15(20)10-8-14/h5,7-10,12H,1,6,11,13H2,2-4H3,(H,21,22). The van der Waals surface area contributed by atoms with Crippen molar-refractivity contribution in [3.05, 3.63) is 53.4 Å². The Morgan fingerprint density at radius 3 is 2.64 bits per heavy atom. The number of imidazole rings is 1. The molecule has 1 amide bonds. The van der Waals surface area contributed by atoms with Gasteiger partial charge in [-0.15, -0.1) is 6.58 Å². The molecular formula is C19H24BrN3O2. The molecular weight excluding hydrogens is 382 g/mol. The second kappa shape index (κ2) is 8.34. The van der Waals surface area contributed by atoms with E-state index in [2.05, 4.69) is 32.5 Å². The van der Waals surface area contributed by atoms with Crippen LogP contribution in [0.15, 0.2) is 47.6 Å². The fraction of sp³-hybridized carbons (Fsp3) is 0.368. The SMILES string of the molecule is C=CCCN(Cc1ncc(-c2ccc(Br)cc2)[nH]1)C(=O)OC(C)(C)C. The normalized spacial score (nSPS) is 11.2. The minimum absolute atomic E-state index is 0.351. The van der Waals surface area contributed by atoms with Crippen LogP contribution in [0.3, 0.4) is 0 Å². The maximum Gasteiger partial charge on any atom is 0.410 e. The van der Waals surface area contributed by atoms with Crippen molar-refractivity contribution in [3.8, 4) is 11.3 Å². The van der Waals surface area contributed by atoms with Gasteiger partial charge in [0.15, 0.2) is 0 Å². The van der Waals surface area contributed by atoms with Crippen molar-refractivity contribution in [1.82, 2.24) is 14.9 Å². The fourth-order valence-corrected chi connectivity index (χ4v) is 2.47. The lowest BCUT2D eigenvalue weighted by molar-refractivity contribution is 0.0232. The van der Waals surface area contributed by atoms with E-state index in [-0.39, 0.29) is 6.09 Å². The van der Waals surface area contributed by atoms with E-state index < -0.39 is 5.60 Å². The molecule has 1 N–H and O–H groups in total. The molecule has 0 aliphatic rings. The summed E-state index contributed by atoms with van der Waals surface area (Å²) in [5, 5.41) is 0. The molecule has 0 aliphatic heterocycles. The topological polar surface area (TPSA) is 58.2 Å². The Morgan fingerprint density at radius 1 is 1.36 bits per heavy atom. The molecule has 1 aromatic heterocycles. The van der Waals surface area contributed by atoms with Gasteiger partial charge in [-0.1, -0.05) is 34.1 Å². The predicted molar refractivity (Wildman–Crippen MR) is 103 cm³/mol. The van der Waals surface area contributed by atoms with E-state index in [1.807, 2.05) is 45.0 Å². The summed E-state index contributed by atoms with van der Waals surface area (Å²) in [5.41, 5.74) is 1.42. The highest BCUT2D eigenvalue weighted by Gasteiger charge is 2.22. The molecule has 6 heteroatoms. The first-order chi connectivity index (χ1) is 11.8. The number of aromatic nitrogens is 2. The van der Waals surface area contributed by atoms with Crippen molar-refractivity contribution in [1.29, 1.82) is 0 Å². The average molecular weight is 406 g/mol. The Hall–Kier alpha value is -2.08. The Balaban J connectivity index is 2.11. The number of hydrogen-bond donors (Lipinski definition) is 1. The van der Waals surface area contributed by atoms with Gasteiger partial charge in [0.1, 0.15) is 11.4 Å². The lowest BCUT2D eigenvalue weighted by atomic mass is 10.2. The van der Waals surface area contributed by atoms with Gasteiger partial charge in [-0.2, -0.15) is 0 Å². The van der Waals surface area contributed by atoms with Gasteiger partial charge in [-0.3, -0.25) is 0 Å². The number of aromatic amines is 1. The number of nitrogens with one attached hydrogen (secondary N) is 1. The quantitative estimate of drug-likeness (QED) is 0.675. The highest BCUT2D eigenvalue weighted by atomic mass is 79.9. The Morgan fingerprint density at radius 2 is 2.04 bits per heavy atom. The van der Waals surface area contributed by atoms with Crippen LogP contribution < -0.4 is 0 Å². The van der Waals surface area contributed by atoms with Crippen molar-refractivity contribution in [2.24, 2.45) is 0 Å². The molecule has 0 saturated heterocycles. The van der Waals surface area contributed by atoms with E-state index in [9.17, 15) is 4.79 Å². The minimum atomic E-state index is -0.532. The maximum absolute atomic E-state index is 12.4. The first kappa shape index (κ1) is 19.2. The van der Waals surface area contributed by atoms with Crippen molar-refractivity contribution in [3.63, 3.8) is 0 Å². The van der Waals surface area contributed by atoms with Crippen LogP contribution in [0, 0.1) is 0 Å². The number of halogens is 1. The van der Waals surface area contributed by atoms with Crippen LogP contribution in [-0.4, -0.2) is 33.1 Å². The van der Waals surface area contributed by atoms with E-state index in [4.69, 9.17) is 4.74 Å². The minimum Gasteiger partial charge on any atom is -0.444 e. The largest absolute Gasteiger partial charge is 0.444 e. The number of hydrogen-bond acceptors (Lipinski definition) is 3. The molecule has 0 spiro atoms. The number of ether oxygens (including phenoxy) is 1. The number of carbonyl (C=O) groups is 1.